The lowest BCUT2D eigenvalue weighted by Gasteiger charge is -2.06. The Morgan fingerprint density at radius 3 is 2.55 bits per heavy atom. The molecule has 0 fully saturated rings. The Morgan fingerprint density at radius 2 is 1.82 bits per heavy atom. The average Bonchev–Trinajstić information content (AvgIpc) is 2.89. The Balaban J connectivity index is 2.04. The molecule has 0 aliphatic rings. The minimum Gasteiger partial charge on any atom is -0.480 e. The van der Waals surface area contributed by atoms with Crippen LogP contribution in [0.2, 0.25) is 0 Å². The molecule has 1 N–H and O–H groups in total. The highest BCUT2D eigenvalue weighted by molar-refractivity contribution is 5.95. The Kier molecular flexibility index (Phi) is 3.51. The van der Waals surface area contributed by atoms with Crippen molar-refractivity contribution >= 4 is 22.7 Å². The van der Waals surface area contributed by atoms with Crippen LogP contribution in [0.3, 0.4) is 0 Å². The van der Waals surface area contributed by atoms with Crippen molar-refractivity contribution in [3.8, 4) is 11.1 Å². The van der Waals surface area contributed by atoms with Gasteiger partial charge in [0.05, 0.1) is 0 Å². The van der Waals surface area contributed by atoms with Crippen LogP contribution < -0.4 is 0 Å². The molecule has 1 heterocycles. The SMILES string of the molecule is CC(=O)c1cccc(-c2ccc3c(ccn3CC(=O)O)c2)c1. The predicted octanol–water partition coefficient (Wildman–Crippen LogP) is 3.60. The van der Waals surface area contributed by atoms with E-state index in [-0.39, 0.29) is 12.3 Å². The molecule has 0 atom stereocenters. The maximum absolute atomic E-state index is 11.5. The number of benzene rings is 2. The monoisotopic (exact) mass is 293 g/mol. The van der Waals surface area contributed by atoms with Gasteiger partial charge in [-0.05, 0) is 42.3 Å². The van der Waals surface area contributed by atoms with Crippen LogP contribution in [0.15, 0.2) is 54.7 Å². The van der Waals surface area contributed by atoms with Gasteiger partial charge in [0.2, 0.25) is 0 Å². The lowest BCUT2D eigenvalue weighted by molar-refractivity contribution is -0.137. The third kappa shape index (κ3) is 2.63. The Hall–Kier alpha value is -2.88. The molecule has 22 heavy (non-hydrogen) atoms. The van der Waals surface area contributed by atoms with E-state index >= 15 is 0 Å². The zero-order valence-electron chi connectivity index (χ0n) is 12.1. The van der Waals surface area contributed by atoms with Crippen LogP contribution in [0.1, 0.15) is 17.3 Å². The van der Waals surface area contributed by atoms with Crippen LogP contribution in [-0.2, 0) is 11.3 Å². The number of carboxylic acid groups (broad SMARTS) is 1. The van der Waals surface area contributed by atoms with Gasteiger partial charge in [-0.15, -0.1) is 0 Å². The number of nitrogens with zero attached hydrogens (tertiary/aromatic N) is 1. The number of carbonyl (C=O) groups excluding carboxylic acids is 1. The van der Waals surface area contributed by atoms with Crippen LogP contribution in [0.25, 0.3) is 22.0 Å². The molecule has 2 aromatic carbocycles. The molecule has 0 aliphatic heterocycles. The maximum atomic E-state index is 11.5. The van der Waals surface area contributed by atoms with Crippen molar-refractivity contribution in [1.29, 1.82) is 0 Å². The number of hydrogen-bond acceptors (Lipinski definition) is 2. The molecule has 0 unspecified atom stereocenters. The van der Waals surface area contributed by atoms with E-state index in [4.69, 9.17) is 5.11 Å². The second-order valence-electron chi connectivity index (χ2n) is 5.25. The normalized spacial score (nSPS) is 10.8. The topological polar surface area (TPSA) is 59.3 Å². The van der Waals surface area contributed by atoms with E-state index in [9.17, 15) is 9.59 Å². The number of aliphatic carboxylic acids is 1. The van der Waals surface area contributed by atoms with E-state index in [1.165, 1.54) is 0 Å². The summed E-state index contributed by atoms with van der Waals surface area (Å²) in [4.78, 5) is 22.3. The van der Waals surface area contributed by atoms with Gasteiger partial charge in [-0.25, -0.2) is 0 Å². The van der Waals surface area contributed by atoms with Crippen molar-refractivity contribution in [1.82, 2.24) is 4.57 Å². The van der Waals surface area contributed by atoms with Gasteiger partial charge in [0.25, 0.3) is 0 Å². The molecule has 0 amide bonds. The zero-order valence-corrected chi connectivity index (χ0v) is 12.1. The zero-order chi connectivity index (χ0) is 15.7. The molecule has 0 aliphatic carbocycles. The van der Waals surface area contributed by atoms with E-state index in [2.05, 4.69) is 0 Å². The molecular weight excluding hydrogens is 278 g/mol. The molecule has 0 bridgehead atoms. The summed E-state index contributed by atoms with van der Waals surface area (Å²) in [6.07, 6.45) is 1.77. The largest absolute Gasteiger partial charge is 0.480 e. The molecular formula is C18H15NO3. The van der Waals surface area contributed by atoms with Gasteiger partial charge in [0.15, 0.2) is 5.78 Å². The van der Waals surface area contributed by atoms with E-state index in [0.717, 1.165) is 22.0 Å². The molecule has 0 saturated heterocycles. The van der Waals surface area contributed by atoms with Crippen molar-refractivity contribution < 1.29 is 14.7 Å². The number of rotatable bonds is 4. The van der Waals surface area contributed by atoms with E-state index in [1.807, 2.05) is 42.5 Å². The van der Waals surface area contributed by atoms with E-state index in [1.54, 1.807) is 23.8 Å². The van der Waals surface area contributed by atoms with Crippen LogP contribution in [0.5, 0.6) is 0 Å². The van der Waals surface area contributed by atoms with Crippen molar-refractivity contribution in [2.75, 3.05) is 0 Å². The fourth-order valence-electron chi connectivity index (χ4n) is 2.58. The number of ketones is 1. The standard InChI is InChI=1S/C18H15NO3/c1-12(20)13-3-2-4-14(9-13)15-5-6-17-16(10-15)7-8-19(17)11-18(21)22/h2-10H,11H2,1H3,(H,21,22). The van der Waals surface area contributed by atoms with Crippen LogP contribution in [0.4, 0.5) is 0 Å². The number of hydrogen-bond donors (Lipinski definition) is 1. The molecule has 3 aromatic rings. The first kappa shape index (κ1) is 14.1. The minimum absolute atomic E-state index is 0.0375. The second kappa shape index (κ2) is 5.48. The maximum Gasteiger partial charge on any atom is 0.323 e. The second-order valence-corrected chi connectivity index (χ2v) is 5.25. The smallest absolute Gasteiger partial charge is 0.323 e. The summed E-state index contributed by atoms with van der Waals surface area (Å²) in [5.41, 5.74) is 3.54. The summed E-state index contributed by atoms with van der Waals surface area (Å²) in [7, 11) is 0. The van der Waals surface area contributed by atoms with Gasteiger partial charge in [-0.1, -0.05) is 24.3 Å². The van der Waals surface area contributed by atoms with Gasteiger partial charge < -0.3 is 9.67 Å². The number of carboxylic acids is 1. The number of carbonyl (C=O) groups is 2. The van der Waals surface area contributed by atoms with E-state index in [0.29, 0.717) is 5.56 Å². The predicted molar refractivity (Wildman–Crippen MR) is 85.0 cm³/mol. The Labute approximate surface area is 127 Å². The van der Waals surface area contributed by atoms with Gasteiger partial charge in [0, 0.05) is 22.7 Å². The summed E-state index contributed by atoms with van der Waals surface area (Å²) < 4.78 is 1.70. The van der Waals surface area contributed by atoms with Gasteiger partial charge in [0.1, 0.15) is 6.54 Å². The molecule has 0 spiro atoms. The third-order valence-electron chi connectivity index (χ3n) is 3.68. The third-order valence-corrected chi connectivity index (χ3v) is 3.68. The van der Waals surface area contributed by atoms with Crippen molar-refractivity contribution in [3.63, 3.8) is 0 Å². The summed E-state index contributed by atoms with van der Waals surface area (Å²) in [5.74, 6) is -0.828. The Bertz CT molecular complexity index is 877. The summed E-state index contributed by atoms with van der Waals surface area (Å²) in [5, 5.41) is 9.89. The number of Topliss-reactive ketones (excluding diaryl/α,β-unsaturated/α-hetero) is 1. The molecule has 110 valence electrons. The van der Waals surface area contributed by atoms with Crippen LogP contribution in [-0.4, -0.2) is 21.4 Å². The molecule has 4 nitrogen and oxygen atoms in total. The van der Waals surface area contributed by atoms with Crippen molar-refractivity contribution in [2.45, 2.75) is 13.5 Å². The molecule has 1 aromatic heterocycles. The van der Waals surface area contributed by atoms with E-state index < -0.39 is 5.97 Å². The molecule has 4 heteroatoms. The van der Waals surface area contributed by atoms with Crippen molar-refractivity contribution in [2.24, 2.45) is 0 Å². The first-order chi connectivity index (χ1) is 10.5. The highest BCUT2D eigenvalue weighted by Gasteiger charge is 2.07. The van der Waals surface area contributed by atoms with Crippen LogP contribution >= 0.6 is 0 Å². The molecule has 3 rings (SSSR count). The van der Waals surface area contributed by atoms with Gasteiger partial charge in [-0.2, -0.15) is 0 Å². The average molecular weight is 293 g/mol. The van der Waals surface area contributed by atoms with Crippen LogP contribution in [0, 0.1) is 0 Å². The highest BCUT2D eigenvalue weighted by Crippen LogP contribution is 2.26. The number of aromatic nitrogens is 1. The molecule has 0 radical (unpaired) electrons. The lowest BCUT2D eigenvalue weighted by atomic mass is 10.0. The van der Waals surface area contributed by atoms with Gasteiger partial charge >= 0.3 is 5.97 Å². The fourth-order valence-corrected chi connectivity index (χ4v) is 2.58. The summed E-state index contributed by atoms with van der Waals surface area (Å²) in [6.45, 7) is 1.50. The van der Waals surface area contributed by atoms with Gasteiger partial charge in [-0.3, -0.25) is 9.59 Å². The quantitative estimate of drug-likeness (QED) is 0.748. The fraction of sp³-hybridized carbons (Fsp3) is 0.111. The number of fused-ring (bicyclic) bond motifs is 1. The minimum atomic E-state index is -0.865. The highest BCUT2D eigenvalue weighted by atomic mass is 16.4. The summed E-state index contributed by atoms with van der Waals surface area (Å²) in [6, 6.07) is 15.3. The first-order valence-electron chi connectivity index (χ1n) is 6.96. The first-order valence-corrected chi connectivity index (χ1v) is 6.96. The Morgan fingerprint density at radius 1 is 1.05 bits per heavy atom. The lowest BCUT2D eigenvalue weighted by Crippen LogP contribution is -2.07. The van der Waals surface area contributed by atoms with Crippen molar-refractivity contribution in [3.05, 3.63) is 60.3 Å². The molecule has 0 saturated carbocycles. The summed E-state index contributed by atoms with van der Waals surface area (Å²) >= 11 is 0.